The van der Waals surface area contributed by atoms with Crippen molar-refractivity contribution in [3.8, 4) is 5.75 Å². The molecule has 1 aromatic heterocycles. The second kappa shape index (κ2) is 6.74. The SMILES string of the molecule is CC[C@@](C)(C(=O)O)c1c(C)n(C(=O)c2cccc(F)c2)c2ccc(O)c(F)c12. The molecule has 0 amide bonds. The summed E-state index contributed by atoms with van der Waals surface area (Å²) in [6.45, 7) is 4.60. The Labute approximate surface area is 159 Å². The van der Waals surface area contributed by atoms with E-state index in [1.165, 1.54) is 42.7 Å². The topological polar surface area (TPSA) is 79.5 Å². The Balaban J connectivity index is 2.44. The predicted octanol–water partition coefficient (Wildman–Crippen LogP) is 4.37. The number of carbonyl (C=O) groups is 2. The van der Waals surface area contributed by atoms with Gasteiger partial charge in [0.25, 0.3) is 5.91 Å². The molecule has 1 atom stereocenters. The lowest BCUT2D eigenvalue weighted by molar-refractivity contribution is -0.143. The molecule has 0 spiro atoms. The predicted molar refractivity (Wildman–Crippen MR) is 99.7 cm³/mol. The summed E-state index contributed by atoms with van der Waals surface area (Å²) in [5, 5.41) is 19.5. The first-order chi connectivity index (χ1) is 13.1. The minimum atomic E-state index is -1.50. The molecule has 2 N–H and O–H groups in total. The number of phenolic OH excluding ortho intramolecular Hbond substituents is 1. The van der Waals surface area contributed by atoms with Crippen molar-refractivity contribution in [1.82, 2.24) is 4.57 Å². The van der Waals surface area contributed by atoms with Gasteiger partial charge in [-0.3, -0.25) is 14.2 Å². The summed E-state index contributed by atoms with van der Waals surface area (Å²) in [7, 11) is 0. The lowest BCUT2D eigenvalue weighted by atomic mass is 9.78. The Hall–Kier alpha value is -3.22. The number of carboxylic acid groups (broad SMARTS) is 1. The van der Waals surface area contributed by atoms with Gasteiger partial charge < -0.3 is 10.2 Å². The quantitative estimate of drug-likeness (QED) is 0.697. The van der Waals surface area contributed by atoms with Crippen LogP contribution in [0.2, 0.25) is 0 Å². The van der Waals surface area contributed by atoms with Gasteiger partial charge in [0.05, 0.1) is 10.9 Å². The number of hydrogen-bond donors (Lipinski definition) is 2. The fourth-order valence-electron chi connectivity index (χ4n) is 3.57. The molecule has 0 fully saturated rings. The number of aliphatic carboxylic acids is 1. The van der Waals surface area contributed by atoms with Crippen molar-refractivity contribution < 1.29 is 28.6 Å². The standard InChI is InChI=1S/C21H19F2NO4/c1-4-21(3,20(27)28)17-11(2)24(14-8-9-15(25)18(23)16(14)17)19(26)12-6-5-7-13(22)10-12/h5-10,25H,4H2,1-3H3,(H,27,28)/t21-/m1/s1. The maximum atomic E-state index is 14.9. The first kappa shape index (κ1) is 19.5. The van der Waals surface area contributed by atoms with E-state index in [2.05, 4.69) is 0 Å². The summed E-state index contributed by atoms with van der Waals surface area (Å²) >= 11 is 0. The average molecular weight is 387 g/mol. The number of nitrogens with zero attached hydrogens (tertiary/aromatic N) is 1. The number of hydrogen-bond acceptors (Lipinski definition) is 3. The Morgan fingerprint density at radius 2 is 1.86 bits per heavy atom. The second-order valence-corrected chi connectivity index (χ2v) is 6.89. The Morgan fingerprint density at radius 1 is 1.18 bits per heavy atom. The fourth-order valence-corrected chi connectivity index (χ4v) is 3.57. The molecular formula is C21H19F2NO4. The highest BCUT2D eigenvalue weighted by Crippen LogP contribution is 2.41. The molecule has 2 aromatic carbocycles. The number of fused-ring (bicyclic) bond motifs is 1. The van der Waals surface area contributed by atoms with Crippen molar-refractivity contribution in [3.05, 3.63) is 64.9 Å². The van der Waals surface area contributed by atoms with Crippen LogP contribution in [0.25, 0.3) is 10.9 Å². The molecule has 146 valence electrons. The molecule has 3 aromatic rings. The van der Waals surface area contributed by atoms with E-state index in [1.807, 2.05) is 0 Å². The van der Waals surface area contributed by atoms with Crippen LogP contribution in [0.5, 0.6) is 5.75 Å². The zero-order chi connectivity index (χ0) is 20.8. The van der Waals surface area contributed by atoms with Gasteiger partial charge in [0.15, 0.2) is 11.6 Å². The number of aromatic hydroxyl groups is 1. The van der Waals surface area contributed by atoms with Crippen molar-refractivity contribution >= 4 is 22.8 Å². The second-order valence-electron chi connectivity index (χ2n) is 6.89. The summed E-state index contributed by atoms with van der Waals surface area (Å²) in [5.74, 6) is -4.05. The van der Waals surface area contributed by atoms with E-state index >= 15 is 0 Å². The third-order valence-corrected chi connectivity index (χ3v) is 5.29. The van der Waals surface area contributed by atoms with Crippen LogP contribution >= 0.6 is 0 Å². The fraction of sp³-hybridized carbons (Fsp3) is 0.238. The first-order valence-electron chi connectivity index (χ1n) is 8.70. The number of carbonyl (C=O) groups excluding carboxylic acids is 1. The van der Waals surface area contributed by atoms with Gasteiger partial charge in [0, 0.05) is 22.2 Å². The smallest absolute Gasteiger partial charge is 0.313 e. The van der Waals surface area contributed by atoms with Gasteiger partial charge >= 0.3 is 5.97 Å². The molecule has 0 aliphatic rings. The van der Waals surface area contributed by atoms with E-state index in [0.717, 1.165) is 12.1 Å². The largest absolute Gasteiger partial charge is 0.505 e. The van der Waals surface area contributed by atoms with Crippen LogP contribution in [0, 0.1) is 18.6 Å². The molecular weight excluding hydrogens is 368 g/mol. The normalized spacial score (nSPS) is 13.5. The number of halogens is 2. The Kier molecular flexibility index (Phi) is 4.71. The summed E-state index contributed by atoms with van der Waals surface area (Å²) in [6.07, 6.45) is 0.130. The van der Waals surface area contributed by atoms with Gasteiger partial charge in [0.1, 0.15) is 5.82 Å². The van der Waals surface area contributed by atoms with E-state index in [1.54, 1.807) is 6.92 Å². The van der Waals surface area contributed by atoms with Crippen LogP contribution < -0.4 is 0 Å². The number of rotatable bonds is 4. The molecule has 1 heterocycles. The van der Waals surface area contributed by atoms with Gasteiger partial charge in [-0.1, -0.05) is 13.0 Å². The van der Waals surface area contributed by atoms with Crippen LogP contribution in [-0.4, -0.2) is 26.7 Å². The highest BCUT2D eigenvalue weighted by molar-refractivity contribution is 6.06. The van der Waals surface area contributed by atoms with Crippen LogP contribution in [-0.2, 0) is 10.2 Å². The molecule has 0 aliphatic carbocycles. The third-order valence-electron chi connectivity index (χ3n) is 5.29. The number of carboxylic acids is 1. The maximum Gasteiger partial charge on any atom is 0.313 e. The highest BCUT2D eigenvalue weighted by atomic mass is 19.1. The molecule has 0 saturated carbocycles. The van der Waals surface area contributed by atoms with Crippen molar-refractivity contribution in [2.45, 2.75) is 32.6 Å². The van der Waals surface area contributed by atoms with Crippen LogP contribution in [0.4, 0.5) is 8.78 Å². The van der Waals surface area contributed by atoms with Crippen molar-refractivity contribution in [3.63, 3.8) is 0 Å². The molecule has 0 radical (unpaired) electrons. The van der Waals surface area contributed by atoms with Gasteiger partial charge in [-0.05, 0) is 50.6 Å². The number of aromatic nitrogens is 1. The van der Waals surface area contributed by atoms with E-state index < -0.39 is 34.7 Å². The molecule has 0 aliphatic heterocycles. The van der Waals surface area contributed by atoms with Crippen LogP contribution in [0.1, 0.15) is 41.9 Å². The summed E-state index contributed by atoms with van der Waals surface area (Å²) in [4.78, 5) is 25.1. The molecule has 3 rings (SSSR count). The first-order valence-corrected chi connectivity index (χ1v) is 8.70. The van der Waals surface area contributed by atoms with Gasteiger partial charge in [-0.25, -0.2) is 8.78 Å². The van der Waals surface area contributed by atoms with Crippen LogP contribution in [0.15, 0.2) is 36.4 Å². The van der Waals surface area contributed by atoms with Crippen molar-refractivity contribution in [2.75, 3.05) is 0 Å². The van der Waals surface area contributed by atoms with Gasteiger partial charge in [0.2, 0.25) is 0 Å². The van der Waals surface area contributed by atoms with Crippen molar-refractivity contribution in [2.24, 2.45) is 0 Å². The van der Waals surface area contributed by atoms with Gasteiger partial charge in [-0.2, -0.15) is 0 Å². The molecule has 28 heavy (non-hydrogen) atoms. The monoisotopic (exact) mass is 387 g/mol. The summed E-state index contributed by atoms with van der Waals surface area (Å²) in [5.41, 5.74) is -1.02. The Bertz CT molecular complexity index is 1120. The molecule has 7 heteroatoms. The lowest BCUT2D eigenvalue weighted by Gasteiger charge is -2.24. The lowest BCUT2D eigenvalue weighted by Crippen LogP contribution is -2.32. The van der Waals surface area contributed by atoms with E-state index in [9.17, 15) is 28.6 Å². The Morgan fingerprint density at radius 3 is 2.43 bits per heavy atom. The minimum Gasteiger partial charge on any atom is -0.505 e. The highest BCUT2D eigenvalue weighted by Gasteiger charge is 2.40. The third kappa shape index (κ3) is 2.74. The minimum absolute atomic E-state index is 0.0357. The number of phenols is 1. The zero-order valence-corrected chi connectivity index (χ0v) is 15.6. The van der Waals surface area contributed by atoms with Crippen molar-refractivity contribution in [1.29, 1.82) is 0 Å². The molecule has 0 bridgehead atoms. The van der Waals surface area contributed by atoms with Crippen LogP contribution in [0.3, 0.4) is 0 Å². The van der Waals surface area contributed by atoms with E-state index in [-0.39, 0.29) is 34.1 Å². The maximum absolute atomic E-state index is 14.9. The molecule has 5 nitrogen and oxygen atoms in total. The van der Waals surface area contributed by atoms with E-state index in [4.69, 9.17) is 0 Å². The van der Waals surface area contributed by atoms with E-state index in [0.29, 0.717) is 0 Å². The molecule has 0 saturated heterocycles. The molecule has 0 unspecified atom stereocenters. The average Bonchev–Trinajstić information content (AvgIpc) is 2.96. The number of benzene rings is 2. The summed E-state index contributed by atoms with van der Waals surface area (Å²) < 4.78 is 29.6. The summed E-state index contributed by atoms with van der Waals surface area (Å²) in [6, 6.07) is 7.49. The van der Waals surface area contributed by atoms with Gasteiger partial charge in [-0.15, -0.1) is 0 Å². The zero-order valence-electron chi connectivity index (χ0n) is 15.6.